The Morgan fingerprint density at radius 1 is 1.06 bits per heavy atom. The van der Waals surface area contributed by atoms with Crippen LogP contribution >= 0.6 is 0 Å². The molecule has 31 heavy (non-hydrogen) atoms. The molecule has 1 saturated heterocycles. The molecule has 9 heteroatoms. The van der Waals surface area contributed by atoms with Crippen LogP contribution < -0.4 is 0 Å². The molecule has 1 atom stereocenters. The fraction of sp³-hybridized carbons (Fsp3) is 0.0909. The lowest BCUT2D eigenvalue weighted by atomic mass is 9.95. The summed E-state index contributed by atoms with van der Waals surface area (Å²) in [5.41, 5.74) is 0.978. The first-order valence-electron chi connectivity index (χ1n) is 9.29. The fourth-order valence-electron chi connectivity index (χ4n) is 3.55. The zero-order chi connectivity index (χ0) is 22.0. The molecule has 0 aliphatic carbocycles. The summed E-state index contributed by atoms with van der Waals surface area (Å²) in [5.74, 6) is -2.12. The maximum atomic E-state index is 12.9. The molecule has 1 aliphatic rings. The summed E-state index contributed by atoms with van der Waals surface area (Å²) in [7, 11) is 0. The number of non-ortho nitro benzene ring substituents is 1. The van der Waals surface area contributed by atoms with Crippen LogP contribution in [-0.2, 0) is 16.1 Å². The van der Waals surface area contributed by atoms with Crippen LogP contribution in [0.15, 0.2) is 78.9 Å². The number of nitrogens with zero attached hydrogens (tertiary/aromatic N) is 4. The Morgan fingerprint density at radius 2 is 1.84 bits per heavy atom. The van der Waals surface area contributed by atoms with Crippen LogP contribution in [0.1, 0.15) is 22.7 Å². The molecule has 3 heterocycles. The van der Waals surface area contributed by atoms with Gasteiger partial charge in [-0.25, -0.2) is 0 Å². The van der Waals surface area contributed by atoms with Gasteiger partial charge in [0.15, 0.2) is 0 Å². The molecule has 4 rings (SSSR count). The van der Waals surface area contributed by atoms with Gasteiger partial charge in [0.05, 0.1) is 16.5 Å². The molecule has 0 bridgehead atoms. The quantitative estimate of drug-likeness (QED) is 0.223. The lowest BCUT2D eigenvalue weighted by molar-refractivity contribution is -0.384. The molecule has 0 radical (unpaired) electrons. The summed E-state index contributed by atoms with van der Waals surface area (Å²) in [6.07, 6.45) is 6.23. The molecule has 1 aromatic carbocycles. The van der Waals surface area contributed by atoms with Gasteiger partial charge in [-0.2, -0.15) is 0 Å². The average Bonchev–Trinajstić information content (AvgIpc) is 3.05. The number of pyridine rings is 2. The van der Waals surface area contributed by atoms with Gasteiger partial charge in [0, 0.05) is 49.0 Å². The number of aromatic nitrogens is 2. The van der Waals surface area contributed by atoms with Crippen LogP contribution in [-0.4, -0.2) is 36.6 Å². The number of hydrogen-bond acceptors (Lipinski definition) is 7. The molecule has 2 aromatic heterocycles. The lowest BCUT2D eigenvalue weighted by Crippen LogP contribution is -2.29. The fourth-order valence-corrected chi connectivity index (χ4v) is 3.55. The second kappa shape index (κ2) is 8.15. The Labute approximate surface area is 176 Å². The molecular formula is C22H16N4O5. The molecule has 1 amide bonds. The zero-order valence-electron chi connectivity index (χ0n) is 16.1. The van der Waals surface area contributed by atoms with E-state index < -0.39 is 28.4 Å². The summed E-state index contributed by atoms with van der Waals surface area (Å²) in [4.78, 5) is 45.7. The number of aliphatic hydroxyl groups excluding tert-OH is 1. The predicted molar refractivity (Wildman–Crippen MR) is 109 cm³/mol. The van der Waals surface area contributed by atoms with Crippen molar-refractivity contribution in [3.05, 3.63) is 106 Å². The molecule has 0 spiro atoms. The number of ketones is 1. The van der Waals surface area contributed by atoms with Gasteiger partial charge < -0.3 is 10.0 Å². The minimum atomic E-state index is -0.887. The third kappa shape index (κ3) is 3.76. The maximum absolute atomic E-state index is 12.9. The molecule has 154 valence electrons. The van der Waals surface area contributed by atoms with E-state index in [1.807, 2.05) is 0 Å². The highest BCUT2D eigenvalue weighted by Gasteiger charge is 2.46. The van der Waals surface area contributed by atoms with Crippen molar-refractivity contribution in [2.75, 3.05) is 0 Å². The second-order valence-electron chi connectivity index (χ2n) is 6.88. The predicted octanol–water partition coefficient (Wildman–Crippen LogP) is 3.01. The third-order valence-electron chi connectivity index (χ3n) is 4.97. The number of benzene rings is 1. The monoisotopic (exact) mass is 416 g/mol. The number of amides is 1. The molecule has 9 nitrogen and oxygen atoms in total. The van der Waals surface area contributed by atoms with Crippen molar-refractivity contribution < 1.29 is 19.6 Å². The highest BCUT2D eigenvalue weighted by atomic mass is 16.6. The van der Waals surface area contributed by atoms with E-state index in [0.717, 1.165) is 6.07 Å². The minimum Gasteiger partial charge on any atom is -0.507 e. The largest absolute Gasteiger partial charge is 0.507 e. The van der Waals surface area contributed by atoms with Gasteiger partial charge in [0.2, 0.25) is 0 Å². The van der Waals surface area contributed by atoms with Gasteiger partial charge in [-0.05, 0) is 29.3 Å². The van der Waals surface area contributed by atoms with Crippen LogP contribution in [0, 0.1) is 10.1 Å². The van der Waals surface area contributed by atoms with Gasteiger partial charge >= 0.3 is 0 Å². The average molecular weight is 416 g/mol. The molecule has 1 unspecified atom stereocenters. The first kappa shape index (κ1) is 19.9. The molecular weight excluding hydrogens is 400 g/mol. The van der Waals surface area contributed by atoms with E-state index in [4.69, 9.17) is 0 Å². The van der Waals surface area contributed by atoms with Gasteiger partial charge in [-0.3, -0.25) is 29.7 Å². The Morgan fingerprint density at radius 3 is 2.52 bits per heavy atom. The van der Waals surface area contributed by atoms with E-state index in [1.54, 1.807) is 36.7 Å². The SMILES string of the molecule is O=C1C(=O)N(Cc2cccnc2)C(c2ccncc2)/C1=C(/O)c1cccc([N+](=O)[O-])c1. The number of aliphatic hydroxyl groups is 1. The first-order chi connectivity index (χ1) is 15.0. The third-order valence-corrected chi connectivity index (χ3v) is 4.97. The maximum Gasteiger partial charge on any atom is 0.295 e. The molecule has 1 aliphatic heterocycles. The normalized spacial score (nSPS) is 17.7. The van der Waals surface area contributed by atoms with Gasteiger partial charge in [0.1, 0.15) is 5.76 Å². The van der Waals surface area contributed by atoms with Crippen molar-refractivity contribution in [3.63, 3.8) is 0 Å². The topological polar surface area (TPSA) is 127 Å². The van der Waals surface area contributed by atoms with E-state index >= 15 is 0 Å². The van der Waals surface area contributed by atoms with Crippen molar-refractivity contribution in [3.8, 4) is 0 Å². The highest BCUT2D eigenvalue weighted by Crippen LogP contribution is 2.40. The first-order valence-corrected chi connectivity index (χ1v) is 9.29. The number of hydrogen-bond donors (Lipinski definition) is 1. The van der Waals surface area contributed by atoms with E-state index in [9.17, 15) is 24.8 Å². The van der Waals surface area contributed by atoms with Crippen LogP contribution in [0.4, 0.5) is 5.69 Å². The standard InChI is InChI=1S/C22H16N4O5/c27-20(16-4-1-5-17(11-16)26(30)31)18-19(15-6-9-23-10-7-15)25(22(29)21(18)28)13-14-3-2-8-24-12-14/h1-12,19,27H,13H2/b20-18-. The number of carbonyl (C=O) groups is 2. The Kier molecular flexibility index (Phi) is 5.23. The molecule has 0 saturated carbocycles. The summed E-state index contributed by atoms with van der Waals surface area (Å²) in [6.45, 7) is 0.0944. The Hall–Kier alpha value is -4.40. The van der Waals surface area contributed by atoms with Crippen LogP contribution in [0.25, 0.3) is 5.76 Å². The molecule has 3 aromatic rings. The van der Waals surface area contributed by atoms with Gasteiger partial charge in [-0.1, -0.05) is 18.2 Å². The summed E-state index contributed by atoms with van der Waals surface area (Å²) in [5, 5.41) is 22.1. The smallest absolute Gasteiger partial charge is 0.295 e. The molecule has 1 N–H and O–H groups in total. The van der Waals surface area contributed by atoms with Crippen molar-refractivity contribution in [1.82, 2.24) is 14.9 Å². The van der Waals surface area contributed by atoms with Crippen LogP contribution in [0.2, 0.25) is 0 Å². The summed E-state index contributed by atoms with van der Waals surface area (Å²) < 4.78 is 0. The number of Topliss-reactive ketones (excluding diaryl/α,β-unsaturated/α-hetero) is 1. The Balaban J connectivity index is 1.86. The lowest BCUT2D eigenvalue weighted by Gasteiger charge is -2.25. The van der Waals surface area contributed by atoms with Gasteiger partial charge in [-0.15, -0.1) is 0 Å². The zero-order valence-corrected chi connectivity index (χ0v) is 16.1. The van der Waals surface area contributed by atoms with Crippen molar-refractivity contribution >= 4 is 23.1 Å². The van der Waals surface area contributed by atoms with Crippen LogP contribution in [0.3, 0.4) is 0 Å². The van der Waals surface area contributed by atoms with E-state index in [2.05, 4.69) is 9.97 Å². The molecule has 1 fully saturated rings. The van der Waals surface area contributed by atoms with E-state index in [1.165, 1.54) is 35.5 Å². The van der Waals surface area contributed by atoms with Crippen LogP contribution in [0.5, 0.6) is 0 Å². The van der Waals surface area contributed by atoms with E-state index in [0.29, 0.717) is 11.1 Å². The number of likely N-dealkylation sites (tertiary alicyclic amines) is 1. The van der Waals surface area contributed by atoms with Crippen molar-refractivity contribution in [2.24, 2.45) is 0 Å². The minimum absolute atomic E-state index is 0.0765. The van der Waals surface area contributed by atoms with E-state index in [-0.39, 0.29) is 23.4 Å². The Bertz CT molecular complexity index is 1190. The summed E-state index contributed by atoms with van der Waals surface area (Å²) >= 11 is 0. The number of nitro benzene ring substituents is 1. The number of nitro groups is 1. The van der Waals surface area contributed by atoms with Crippen molar-refractivity contribution in [1.29, 1.82) is 0 Å². The number of rotatable bonds is 5. The number of carbonyl (C=O) groups excluding carboxylic acids is 2. The summed E-state index contributed by atoms with van der Waals surface area (Å²) in [6, 6.07) is 11.2. The highest BCUT2D eigenvalue weighted by molar-refractivity contribution is 6.46. The van der Waals surface area contributed by atoms with Crippen molar-refractivity contribution in [2.45, 2.75) is 12.6 Å². The second-order valence-corrected chi connectivity index (χ2v) is 6.88. The van der Waals surface area contributed by atoms with Gasteiger partial charge in [0.25, 0.3) is 17.4 Å².